The molecule has 0 atom stereocenters. The highest BCUT2D eigenvalue weighted by atomic mass is 15.2. The molecule has 1 aliphatic heterocycles. The maximum Gasteiger partial charge on any atom is 0.0156 e. The van der Waals surface area contributed by atoms with Crippen molar-refractivity contribution in [1.82, 2.24) is 10.2 Å². The minimum absolute atomic E-state index is 0.467. The maximum atomic E-state index is 3.68. The summed E-state index contributed by atoms with van der Waals surface area (Å²) >= 11 is 0. The molecular weight excluding hydrogens is 208 g/mol. The molecule has 1 saturated carbocycles. The Morgan fingerprint density at radius 2 is 1.88 bits per heavy atom. The number of hydrogen-bond acceptors (Lipinski definition) is 2. The second-order valence-electron chi connectivity index (χ2n) is 6.57. The van der Waals surface area contributed by atoms with Gasteiger partial charge in [-0.2, -0.15) is 0 Å². The number of nitrogens with one attached hydrogen (secondary N) is 1. The van der Waals surface area contributed by atoms with Crippen LogP contribution in [0.4, 0.5) is 0 Å². The minimum atomic E-state index is 0.467. The van der Waals surface area contributed by atoms with Crippen LogP contribution in [0.3, 0.4) is 0 Å². The zero-order valence-corrected chi connectivity index (χ0v) is 12.0. The van der Waals surface area contributed by atoms with Crippen LogP contribution in [-0.4, -0.2) is 35.6 Å². The van der Waals surface area contributed by atoms with Crippen LogP contribution in [-0.2, 0) is 0 Å². The summed E-state index contributed by atoms with van der Waals surface area (Å²) in [6.45, 7) is 9.66. The summed E-state index contributed by atoms with van der Waals surface area (Å²) in [5.41, 5.74) is 0.467. The van der Waals surface area contributed by atoms with E-state index in [-0.39, 0.29) is 0 Å². The van der Waals surface area contributed by atoms with Crippen molar-refractivity contribution < 1.29 is 0 Å². The lowest BCUT2D eigenvalue weighted by Gasteiger charge is -2.42. The quantitative estimate of drug-likeness (QED) is 0.809. The van der Waals surface area contributed by atoms with Gasteiger partial charge in [-0.3, -0.25) is 4.90 Å². The lowest BCUT2D eigenvalue weighted by Crippen LogP contribution is -2.48. The van der Waals surface area contributed by atoms with Gasteiger partial charge in [0.05, 0.1) is 0 Å². The molecule has 0 unspecified atom stereocenters. The molecule has 0 aromatic carbocycles. The van der Waals surface area contributed by atoms with Gasteiger partial charge in [-0.25, -0.2) is 0 Å². The fourth-order valence-electron chi connectivity index (χ4n) is 3.75. The predicted molar refractivity (Wildman–Crippen MR) is 74.4 cm³/mol. The third-order valence-electron chi connectivity index (χ3n) is 4.79. The number of nitrogens with zero attached hydrogens (tertiary/aromatic N) is 1. The molecule has 2 aliphatic rings. The average Bonchev–Trinajstić information content (AvgIpc) is 2.67. The topological polar surface area (TPSA) is 15.3 Å². The van der Waals surface area contributed by atoms with Crippen molar-refractivity contribution in [2.24, 2.45) is 0 Å². The Labute approximate surface area is 107 Å². The molecule has 2 fully saturated rings. The lowest BCUT2D eigenvalue weighted by atomic mass is 9.88. The normalized spacial score (nSPS) is 34.1. The molecule has 17 heavy (non-hydrogen) atoms. The van der Waals surface area contributed by atoms with Crippen LogP contribution in [0.2, 0.25) is 0 Å². The first kappa shape index (κ1) is 13.4. The van der Waals surface area contributed by atoms with Crippen molar-refractivity contribution >= 4 is 0 Å². The smallest absolute Gasteiger partial charge is 0.0156 e. The van der Waals surface area contributed by atoms with E-state index in [1.165, 1.54) is 58.0 Å². The Kier molecular flexibility index (Phi) is 4.48. The van der Waals surface area contributed by atoms with Gasteiger partial charge in [0.15, 0.2) is 0 Å². The van der Waals surface area contributed by atoms with Gasteiger partial charge in [0, 0.05) is 17.6 Å². The molecule has 0 aromatic rings. The van der Waals surface area contributed by atoms with E-state index in [2.05, 4.69) is 31.0 Å². The van der Waals surface area contributed by atoms with E-state index in [9.17, 15) is 0 Å². The number of likely N-dealkylation sites (tertiary alicyclic amines) is 1. The summed E-state index contributed by atoms with van der Waals surface area (Å²) in [5.74, 6) is 0. The largest absolute Gasteiger partial charge is 0.314 e. The van der Waals surface area contributed by atoms with Crippen LogP contribution in [0, 0.1) is 0 Å². The van der Waals surface area contributed by atoms with Crippen LogP contribution < -0.4 is 5.32 Å². The summed E-state index contributed by atoms with van der Waals surface area (Å²) in [6.07, 6.45) is 9.64. The first-order valence-electron chi connectivity index (χ1n) is 7.63. The van der Waals surface area contributed by atoms with Crippen molar-refractivity contribution in [2.75, 3.05) is 13.1 Å². The Bertz CT molecular complexity index is 229. The van der Waals surface area contributed by atoms with Gasteiger partial charge in [0.25, 0.3) is 0 Å². The first-order valence-corrected chi connectivity index (χ1v) is 7.63. The molecule has 1 saturated heterocycles. The molecule has 0 aromatic heterocycles. The van der Waals surface area contributed by atoms with Gasteiger partial charge in [-0.15, -0.1) is 0 Å². The SMILES string of the molecule is CCCNC1CCC(N2CCCC2(C)C)CC1. The number of hydrogen-bond donors (Lipinski definition) is 1. The zero-order chi connectivity index (χ0) is 12.3. The second-order valence-corrected chi connectivity index (χ2v) is 6.57. The Hall–Kier alpha value is -0.0800. The maximum absolute atomic E-state index is 3.68. The molecule has 100 valence electrons. The third-order valence-corrected chi connectivity index (χ3v) is 4.79. The predicted octanol–water partition coefficient (Wildman–Crippen LogP) is 3.17. The van der Waals surface area contributed by atoms with Crippen molar-refractivity contribution in [3.05, 3.63) is 0 Å². The molecule has 0 amide bonds. The fourth-order valence-corrected chi connectivity index (χ4v) is 3.75. The van der Waals surface area contributed by atoms with Gasteiger partial charge in [0.2, 0.25) is 0 Å². The van der Waals surface area contributed by atoms with Crippen LogP contribution in [0.5, 0.6) is 0 Å². The highest BCUT2D eigenvalue weighted by Gasteiger charge is 2.37. The molecule has 2 heteroatoms. The summed E-state index contributed by atoms with van der Waals surface area (Å²) in [7, 11) is 0. The molecular formula is C15H30N2. The van der Waals surface area contributed by atoms with Crippen LogP contribution in [0.25, 0.3) is 0 Å². The van der Waals surface area contributed by atoms with Crippen molar-refractivity contribution in [3.8, 4) is 0 Å². The Balaban J connectivity index is 1.79. The molecule has 0 spiro atoms. The molecule has 0 bridgehead atoms. The molecule has 2 nitrogen and oxygen atoms in total. The van der Waals surface area contributed by atoms with E-state index >= 15 is 0 Å². The van der Waals surface area contributed by atoms with Gasteiger partial charge < -0.3 is 5.32 Å². The summed E-state index contributed by atoms with van der Waals surface area (Å²) in [6, 6.07) is 1.67. The van der Waals surface area contributed by atoms with Gasteiger partial charge in [-0.1, -0.05) is 6.92 Å². The summed E-state index contributed by atoms with van der Waals surface area (Å²) < 4.78 is 0. The molecule has 2 rings (SSSR count). The lowest BCUT2D eigenvalue weighted by molar-refractivity contribution is 0.0826. The highest BCUT2D eigenvalue weighted by molar-refractivity contribution is 4.94. The highest BCUT2D eigenvalue weighted by Crippen LogP contribution is 2.35. The van der Waals surface area contributed by atoms with Gasteiger partial charge in [0.1, 0.15) is 0 Å². The third kappa shape index (κ3) is 3.23. The monoisotopic (exact) mass is 238 g/mol. The van der Waals surface area contributed by atoms with E-state index in [4.69, 9.17) is 0 Å². The van der Waals surface area contributed by atoms with E-state index in [1.807, 2.05) is 0 Å². The summed E-state index contributed by atoms with van der Waals surface area (Å²) in [4.78, 5) is 2.79. The molecule has 0 radical (unpaired) electrons. The van der Waals surface area contributed by atoms with Gasteiger partial charge in [-0.05, 0) is 71.9 Å². The van der Waals surface area contributed by atoms with Crippen molar-refractivity contribution in [3.63, 3.8) is 0 Å². The first-order chi connectivity index (χ1) is 8.13. The standard InChI is InChI=1S/C15H30N2/c1-4-11-16-13-6-8-14(9-7-13)17-12-5-10-15(17,2)3/h13-14,16H,4-12H2,1-3H3. The van der Waals surface area contributed by atoms with Crippen molar-refractivity contribution in [2.45, 2.75) is 83.3 Å². The van der Waals surface area contributed by atoms with E-state index in [1.54, 1.807) is 0 Å². The summed E-state index contributed by atoms with van der Waals surface area (Å²) in [5, 5.41) is 3.68. The number of rotatable bonds is 4. The fraction of sp³-hybridized carbons (Fsp3) is 1.00. The Morgan fingerprint density at radius 1 is 1.18 bits per heavy atom. The van der Waals surface area contributed by atoms with E-state index in [0.717, 1.165) is 12.1 Å². The van der Waals surface area contributed by atoms with Gasteiger partial charge >= 0.3 is 0 Å². The second kappa shape index (κ2) is 5.71. The van der Waals surface area contributed by atoms with Crippen LogP contribution in [0.15, 0.2) is 0 Å². The van der Waals surface area contributed by atoms with Crippen molar-refractivity contribution in [1.29, 1.82) is 0 Å². The van der Waals surface area contributed by atoms with Crippen LogP contribution in [0.1, 0.15) is 65.7 Å². The van der Waals surface area contributed by atoms with E-state index < -0.39 is 0 Å². The van der Waals surface area contributed by atoms with E-state index in [0.29, 0.717) is 5.54 Å². The molecule has 1 N–H and O–H groups in total. The minimum Gasteiger partial charge on any atom is -0.314 e. The zero-order valence-electron chi connectivity index (χ0n) is 12.0. The Morgan fingerprint density at radius 3 is 2.41 bits per heavy atom. The average molecular weight is 238 g/mol. The van der Waals surface area contributed by atoms with Crippen LogP contribution >= 0.6 is 0 Å². The molecule has 1 heterocycles. The molecule has 1 aliphatic carbocycles.